The normalized spacial score (nSPS) is 23.1. The third-order valence-electron chi connectivity index (χ3n) is 2.79. The van der Waals surface area contributed by atoms with E-state index in [1.807, 2.05) is 24.3 Å². The molecule has 1 aliphatic rings. The molecule has 17 heavy (non-hydrogen) atoms. The van der Waals surface area contributed by atoms with Crippen LogP contribution < -0.4 is 0 Å². The van der Waals surface area contributed by atoms with Gasteiger partial charge in [-0.1, -0.05) is 29.8 Å². The van der Waals surface area contributed by atoms with Gasteiger partial charge in [0.1, 0.15) is 4.75 Å². The molecule has 2 aromatic rings. The van der Waals surface area contributed by atoms with Crippen LogP contribution in [0, 0.1) is 0 Å². The van der Waals surface area contributed by atoms with Gasteiger partial charge in [0.15, 0.2) is 0 Å². The molecule has 1 aliphatic heterocycles. The van der Waals surface area contributed by atoms with Crippen molar-refractivity contribution in [2.45, 2.75) is 11.2 Å². The molecule has 3 rings (SSSR count). The van der Waals surface area contributed by atoms with E-state index in [0.717, 1.165) is 17.0 Å². The molecule has 1 aromatic heterocycles. The molecule has 1 atom stereocenters. The van der Waals surface area contributed by atoms with E-state index in [1.54, 1.807) is 11.8 Å². The number of nitrogens with zero attached hydrogens (tertiary/aromatic N) is 2. The molecule has 1 aromatic carbocycles. The van der Waals surface area contributed by atoms with E-state index in [4.69, 9.17) is 16.0 Å². The van der Waals surface area contributed by atoms with E-state index in [2.05, 4.69) is 21.7 Å². The average molecular weight is 265 g/mol. The molecule has 0 amide bonds. The van der Waals surface area contributed by atoms with Crippen LogP contribution in [0.15, 0.2) is 46.6 Å². The predicted molar refractivity (Wildman–Crippen MR) is 67.9 cm³/mol. The van der Waals surface area contributed by atoms with E-state index >= 15 is 0 Å². The van der Waals surface area contributed by atoms with Gasteiger partial charge in [0, 0.05) is 5.02 Å². The fourth-order valence-corrected chi connectivity index (χ4v) is 3.15. The average Bonchev–Trinajstić information content (AvgIpc) is 3.01. The van der Waals surface area contributed by atoms with Crippen LogP contribution in [0.3, 0.4) is 0 Å². The molecule has 0 spiro atoms. The Bertz CT molecular complexity index is 528. The van der Waals surface area contributed by atoms with Crippen molar-refractivity contribution in [2.75, 3.05) is 0 Å². The summed E-state index contributed by atoms with van der Waals surface area (Å²) in [6, 6.07) is 7.78. The summed E-state index contributed by atoms with van der Waals surface area (Å²) in [7, 11) is 0. The lowest BCUT2D eigenvalue weighted by molar-refractivity contribution is 0.453. The highest BCUT2D eigenvalue weighted by molar-refractivity contribution is 8.03. The zero-order valence-electron chi connectivity index (χ0n) is 8.84. The maximum absolute atomic E-state index is 5.91. The van der Waals surface area contributed by atoms with E-state index in [1.165, 1.54) is 6.39 Å². The van der Waals surface area contributed by atoms with Crippen molar-refractivity contribution in [2.24, 2.45) is 0 Å². The number of rotatable bonds is 2. The van der Waals surface area contributed by atoms with Crippen LogP contribution in [0.4, 0.5) is 0 Å². The summed E-state index contributed by atoms with van der Waals surface area (Å²) < 4.78 is 5.10. The fourth-order valence-electron chi connectivity index (χ4n) is 1.94. The molecular formula is C12H9ClN2OS. The van der Waals surface area contributed by atoms with Crippen LogP contribution in [-0.2, 0) is 4.75 Å². The van der Waals surface area contributed by atoms with Gasteiger partial charge in [0.2, 0.25) is 12.3 Å². The van der Waals surface area contributed by atoms with Crippen LogP contribution >= 0.6 is 23.4 Å². The quantitative estimate of drug-likeness (QED) is 0.831. The van der Waals surface area contributed by atoms with Crippen molar-refractivity contribution in [3.05, 3.63) is 58.6 Å². The summed E-state index contributed by atoms with van der Waals surface area (Å²) in [5.74, 6) is 0.634. The fraction of sp³-hybridized carbons (Fsp3) is 0.167. The molecule has 0 N–H and O–H groups in total. The number of hydrogen-bond acceptors (Lipinski definition) is 4. The van der Waals surface area contributed by atoms with E-state index in [9.17, 15) is 0 Å². The number of aromatic nitrogens is 2. The summed E-state index contributed by atoms with van der Waals surface area (Å²) >= 11 is 7.60. The third-order valence-corrected chi connectivity index (χ3v) is 4.35. The second-order valence-corrected chi connectivity index (χ2v) is 5.41. The minimum Gasteiger partial charge on any atom is -0.426 e. The first-order valence-corrected chi connectivity index (χ1v) is 6.42. The Labute approximate surface area is 108 Å². The van der Waals surface area contributed by atoms with Crippen molar-refractivity contribution < 1.29 is 4.42 Å². The highest BCUT2D eigenvalue weighted by atomic mass is 35.5. The number of allylic oxidation sites excluding steroid dienone is 1. The van der Waals surface area contributed by atoms with E-state index < -0.39 is 0 Å². The Hall–Kier alpha value is -1.26. The third kappa shape index (κ3) is 1.77. The van der Waals surface area contributed by atoms with Crippen molar-refractivity contribution in [1.29, 1.82) is 0 Å². The monoisotopic (exact) mass is 264 g/mol. The van der Waals surface area contributed by atoms with Crippen LogP contribution in [-0.4, -0.2) is 10.2 Å². The van der Waals surface area contributed by atoms with Crippen molar-refractivity contribution >= 4 is 23.4 Å². The number of thioether (sulfide) groups is 1. The smallest absolute Gasteiger partial charge is 0.237 e. The minimum atomic E-state index is -0.291. The Morgan fingerprint density at radius 3 is 2.71 bits per heavy atom. The maximum atomic E-state index is 5.91. The largest absolute Gasteiger partial charge is 0.426 e. The Balaban J connectivity index is 2.09. The van der Waals surface area contributed by atoms with Gasteiger partial charge in [-0.15, -0.1) is 22.0 Å². The van der Waals surface area contributed by atoms with Crippen molar-refractivity contribution in [3.63, 3.8) is 0 Å². The standard InChI is InChI=1S/C12H9ClN2OS/c13-10-4-2-9(3-5-10)12(6-1-7-17-12)11-15-14-8-16-11/h1-5,7-8H,6H2. The van der Waals surface area contributed by atoms with Crippen molar-refractivity contribution in [3.8, 4) is 0 Å². The number of benzene rings is 1. The van der Waals surface area contributed by atoms with Crippen LogP contribution in [0.25, 0.3) is 0 Å². The second-order valence-electron chi connectivity index (χ2n) is 3.77. The predicted octanol–water partition coefficient (Wildman–Crippen LogP) is 3.62. The molecular weight excluding hydrogens is 256 g/mol. The first kappa shape index (κ1) is 10.9. The Morgan fingerprint density at radius 1 is 1.29 bits per heavy atom. The number of halogens is 1. The summed E-state index contributed by atoms with van der Waals surface area (Å²) in [5.41, 5.74) is 1.13. The first-order chi connectivity index (χ1) is 8.31. The van der Waals surface area contributed by atoms with Gasteiger partial charge in [-0.2, -0.15) is 0 Å². The molecule has 1 unspecified atom stereocenters. The summed E-state index contributed by atoms with van der Waals surface area (Å²) in [6.07, 6.45) is 4.33. The molecule has 0 fully saturated rings. The highest BCUT2D eigenvalue weighted by Gasteiger charge is 2.40. The molecule has 0 saturated carbocycles. The van der Waals surface area contributed by atoms with Gasteiger partial charge in [0.25, 0.3) is 0 Å². The van der Waals surface area contributed by atoms with Crippen molar-refractivity contribution in [1.82, 2.24) is 10.2 Å². The lowest BCUT2D eigenvalue weighted by Gasteiger charge is -2.24. The summed E-state index contributed by atoms with van der Waals surface area (Å²) in [6.45, 7) is 0. The minimum absolute atomic E-state index is 0.291. The Morgan fingerprint density at radius 2 is 2.12 bits per heavy atom. The van der Waals surface area contributed by atoms with Crippen LogP contribution in [0.5, 0.6) is 0 Å². The molecule has 86 valence electrons. The van der Waals surface area contributed by atoms with E-state index in [0.29, 0.717) is 5.89 Å². The van der Waals surface area contributed by atoms with Crippen LogP contribution in [0.1, 0.15) is 17.9 Å². The van der Waals surface area contributed by atoms with Crippen LogP contribution in [0.2, 0.25) is 5.02 Å². The molecule has 0 radical (unpaired) electrons. The molecule has 0 bridgehead atoms. The second kappa shape index (κ2) is 4.20. The van der Waals surface area contributed by atoms with Gasteiger partial charge in [-0.3, -0.25) is 0 Å². The van der Waals surface area contributed by atoms with Gasteiger partial charge >= 0.3 is 0 Å². The first-order valence-electron chi connectivity index (χ1n) is 5.17. The topological polar surface area (TPSA) is 38.9 Å². The zero-order valence-corrected chi connectivity index (χ0v) is 10.4. The van der Waals surface area contributed by atoms with Gasteiger partial charge < -0.3 is 4.42 Å². The SMILES string of the molecule is Clc1ccc(C2(c3nnco3)CC=CS2)cc1. The van der Waals surface area contributed by atoms with Gasteiger partial charge in [-0.25, -0.2) is 0 Å². The number of hydrogen-bond donors (Lipinski definition) is 0. The summed E-state index contributed by atoms with van der Waals surface area (Å²) in [5, 5.41) is 10.6. The zero-order chi connectivity index (χ0) is 11.7. The molecule has 0 aliphatic carbocycles. The molecule has 0 saturated heterocycles. The molecule has 3 nitrogen and oxygen atoms in total. The maximum Gasteiger partial charge on any atom is 0.237 e. The van der Waals surface area contributed by atoms with E-state index in [-0.39, 0.29) is 4.75 Å². The lowest BCUT2D eigenvalue weighted by atomic mass is 9.95. The van der Waals surface area contributed by atoms with Gasteiger partial charge in [0.05, 0.1) is 0 Å². The van der Waals surface area contributed by atoms with Gasteiger partial charge in [-0.05, 0) is 29.5 Å². The lowest BCUT2D eigenvalue weighted by Crippen LogP contribution is -2.20. The molecule has 2 heterocycles. The summed E-state index contributed by atoms with van der Waals surface area (Å²) in [4.78, 5) is 0. The highest BCUT2D eigenvalue weighted by Crippen LogP contribution is 2.49. The molecule has 5 heteroatoms. The Kier molecular flexibility index (Phi) is 2.68.